The monoisotopic (exact) mass is 1050 g/mol. The molecule has 0 amide bonds. The zero-order chi connectivity index (χ0) is 54.3. The Balaban J connectivity index is 3.98. The maximum absolute atomic E-state index is 12.8. The van der Waals surface area contributed by atoms with Gasteiger partial charge in [0.1, 0.15) is 13.2 Å². The maximum atomic E-state index is 12.8. The van der Waals surface area contributed by atoms with Gasteiger partial charge in [-0.1, -0.05) is 312 Å². The quantitative estimate of drug-likeness (QED) is 0.0261. The number of hydrogen-bond donors (Lipinski definition) is 0. The number of ether oxygens (including phenoxy) is 3. The molecule has 0 aromatic heterocycles. The van der Waals surface area contributed by atoms with Gasteiger partial charge in [-0.05, 0) is 70.6 Å². The van der Waals surface area contributed by atoms with Gasteiger partial charge < -0.3 is 14.2 Å². The fourth-order valence-corrected chi connectivity index (χ4v) is 9.39. The van der Waals surface area contributed by atoms with E-state index in [1.807, 2.05) is 0 Å². The molecule has 0 rings (SSSR count). The molecule has 0 saturated carbocycles. The van der Waals surface area contributed by atoms with Crippen molar-refractivity contribution in [1.29, 1.82) is 0 Å². The fourth-order valence-electron chi connectivity index (χ4n) is 9.39. The summed E-state index contributed by atoms with van der Waals surface area (Å²) in [5, 5.41) is 0. The van der Waals surface area contributed by atoms with Crippen LogP contribution in [0.1, 0.15) is 329 Å². The Hall–Kier alpha value is -3.15. The standard InChI is InChI=1S/C69H122O6/c1-4-7-10-13-16-18-20-22-24-25-26-27-28-29-30-31-32-33-34-35-36-37-38-39-40-41-42-43-45-46-48-50-53-56-59-62-68(71)74-65-66(64-73-67(70)61-58-55-52-15-12-9-6-3)75-69(72)63-60-57-54-51-49-47-44-23-21-19-17-14-11-8-5-2/h7,10,16,18,22,24,26-27,29-30,32-33,66H,4-6,8-9,11-15,17,19-21,23,25,28,31,34-65H2,1-3H3/b10-7-,18-16-,24-22-,27-26-,30-29-,33-32-. The highest BCUT2D eigenvalue weighted by Gasteiger charge is 2.19. The van der Waals surface area contributed by atoms with Gasteiger partial charge in [-0.15, -0.1) is 0 Å². The lowest BCUT2D eigenvalue weighted by Crippen LogP contribution is -2.30. The first-order valence-corrected chi connectivity index (χ1v) is 32.4. The molecule has 75 heavy (non-hydrogen) atoms. The molecule has 0 spiro atoms. The van der Waals surface area contributed by atoms with Gasteiger partial charge in [0.15, 0.2) is 6.10 Å². The van der Waals surface area contributed by atoms with Crippen LogP contribution in [0.2, 0.25) is 0 Å². The summed E-state index contributed by atoms with van der Waals surface area (Å²) in [5.74, 6) is -0.858. The summed E-state index contributed by atoms with van der Waals surface area (Å²) in [6.45, 7) is 6.52. The molecule has 0 N–H and O–H groups in total. The molecule has 0 aliphatic carbocycles. The molecule has 0 radical (unpaired) electrons. The Morgan fingerprint density at radius 2 is 0.520 bits per heavy atom. The molecule has 0 aromatic rings. The molecule has 1 atom stereocenters. The van der Waals surface area contributed by atoms with E-state index < -0.39 is 6.10 Å². The average Bonchev–Trinajstić information content (AvgIpc) is 3.41. The molecule has 0 aromatic carbocycles. The minimum Gasteiger partial charge on any atom is -0.462 e. The smallest absolute Gasteiger partial charge is 0.306 e. The van der Waals surface area contributed by atoms with Crippen molar-refractivity contribution < 1.29 is 28.6 Å². The van der Waals surface area contributed by atoms with Crippen LogP contribution in [0.5, 0.6) is 0 Å². The minimum atomic E-state index is -0.767. The lowest BCUT2D eigenvalue weighted by molar-refractivity contribution is -0.167. The van der Waals surface area contributed by atoms with E-state index in [1.54, 1.807) is 0 Å². The summed E-state index contributed by atoms with van der Waals surface area (Å²) >= 11 is 0. The summed E-state index contributed by atoms with van der Waals surface area (Å²) in [6.07, 6.45) is 82.3. The van der Waals surface area contributed by atoms with Crippen LogP contribution in [0.25, 0.3) is 0 Å². The van der Waals surface area contributed by atoms with E-state index >= 15 is 0 Å². The zero-order valence-corrected chi connectivity index (χ0v) is 49.8. The highest BCUT2D eigenvalue weighted by molar-refractivity contribution is 5.71. The second-order valence-corrected chi connectivity index (χ2v) is 21.7. The van der Waals surface area contributed by atoms with Crippen LogP contribution in [0.3, 0.4) is 0 Å². The fraction of sp³-hybridized carbons (Fsp3) is 0.783. The van der Waals surface area contributed by atoms with Crippen LogP contribution in [0.15, 0.2) is 72.9 Å². The number of hydrogen-bond acceptors (Lipinski definition) is 6. The van der Waals surface area contributed by atoms with Gasteiger partial charge in [0.2, 0.25) is 0 Å². The highest BCUT2D eigenvalue weighted by atomic mass is 16.6. The van der Waals surface area contributed by atoms with E-state index in [1.165, 1.54) is 193 Å². The summed E-state index contributed by atoms with van der Waals surface area (Å²) in [7, 11) is 0. The van der Waals surface area contributed by atoms with Gasteiger partial charge in [-0.3, -0.25) is 14.4 Å². The topological polar surface area (TPSA) is 78.9 Å². The van der Waals surface area contributed by atoms with Crippen molar-refractivity contribution in [2.24, 2.45) is 0 Å². The minimum absolute atomic E-state index is 0.0689. The van der Waals surface area contributed by atoms with Crippen molar-refractivity contribution >= 4 is 17.9 Å². The van der Waals surface area contributed by atoms with E-state index in [4.69, 9.17) is 14.2 Å². The molecule has 434 valence electrons. The Labute approximate surface area is 465 Å². The summed E-state index contributed by atoms with van der Waals surface area (Å²) in [5.41, 5.74) is 0. The molecule has 6 heteroatoms. The first-order chi connectivity index (χ1) is 37.0. The van der Waals surface area contributed by atoms with Gasteiger partial charge >= 0.3 is 17.9 Å². The average molecular weight is 1050 g/mol. The van der Waals surface area contributed by atoms with Crippen molar-refractivity contribution in [3.63, 3.8) is 0 Å². The van der Waals surface area contributed by atoms with Gasteiger partial charge in [0.25, 0.3) is 0 Å². The van der Waals surface area contributed by atoms with Gasteiger partial charge in [0.05, 0.1) is 0 Å². The first-order valence-electron chi connectivity index (χ1n) is 32.4. The van der Waals surface area contributed by atoms with Crippen molar-refractivity contribution in [3.8, 4) is 0 Å². The molecule has 1 unspecified atom stereocenters. The number of carbonyl (C=O) groups excluding carboxylic acids is 3. The van der Waals surface area contributed by atoms with Crippen molar-refractivity contribution in [2.45, 2.75) is 335 Å². The van der Waals surface area contributed by atoms with E-state index in [0.29, 0.717) is 19.3 Å². The van der Waals surface area contributed by atoms with Gasteiger partial charge in [0, 0.05) is 19.3 Å². The van der Waals surface area contributed by atoms with Gasteiger partial charge in [-0.25, -0.2) is 0 Å². The molecule has 0 saturated heterocycles. The van der Waals surface area contributed by atoms with Crippen LogP contribution >= 0.6 is 0 Å². The SMILES string of the molecule is CC/C=C\C/C=C\C/C=C\C/C=C\C/C=C\C/C=C\CCCCCCCCCCCCCCCCCCC(=O)OCC(COC(=O)CCCCCCCCC)OC(=O)CCCCCCCCCCCCCCCCC. The first kappa shape index (κ1) is 71.8. The number of carbonyl (C=O) groups is 3. The lowest BCUT2D eigenvalue weighted by Gasteiger charge is -2.18. The molecule has 0 aliphatic heterocycles. The van der Waals surface area contributed by atoms with E-state index in [-0.39, 0.29) is 31.1 Å². The maximum Gasteiger partial charge on any atom is 0.306 e. The molecular weight excluding hydrogens is 925 g/mol. The van der Waals surface area contributed by atoms with Gasteiger partial charge in [-0.2, -0.15) is 0 Å². The zero-order valence-electron chi connectivity index (χ0n) is 49.8. The predicted octanol–water partition coefficient (Wildman–Crippen LogP) is 22.1. The normalized spacial score (nSPS) is 12.5. The van der Waals surface area contributed by atoms with E-state index in [9.17, 15) is 14.4 Å². The second-order valence-electron chi connectivity index (χ2n) is 21.7. The van der Waals surface area contributed by atoms with Crippen molar-refractivity contribution in [2.75, 3.05) is 13.2 Å². The van der Waals surface area contributed by atoms with Crippen LogP contribution in [-0.2, 0) is 28.6 Å². The number of unbranched alkanes of at least 4 members (excludes halogenated alkanes) is 36. The molecule has 0 heterocycles. The largest absolute Gasteiger partial charge is 0.462 e. The third-order valence-corrected chi connectivity index (χ3v) is 14.2. The van der Waals surface area contributed by atoms with Crippen molar-refractivity contribution in [3.05, 3.63) is 72.9 Å². The van der Waals surface area contributed by atoms with E-state index in [0.717, 1.165) is 96.3 Å². The van der Waals surface area contributed by atoms with E-state index in [2.05, 4.69) is 93.7 Å². The molecule has 0 fully saturated rings. The molecule has 0 bridgehead atoms. The lowest BCUT2D eigenvalue weighted by atomic mass is 10.0. The molecular formula is C69H122O6. The Kier molecular flexibility index (Phi) is 60.7. The predicted molar refractivity (Wildman–Crippen MR) is 325 cm³/mol. The summed E-state index contributed by atoms with van der Waals surface area (Å²) < 4.78 is 16.8. The number of allylic oxidation sites excluding steroid dienone is 12. The second kappa shape index (κ2) is 63.4. The van der Waals surface area contributed by atoms with Crippen molar-refractivity contribution in [1.82, 2.24) is 0 Å². The third-order valence-electron chi connectivity index (χ3n) is 14.2. The summed E-state index contributed by atoms with van der Waals surface area (Å²) in [6, 6.07) is 0. The third kappa shape index (κ3) is 61.6. The number of rotatable bonds is 59. The Morgan fingerprint density at radius 3 is 0.813 bits per heavy atom. The molecule has 0 aliphatic rings. The summed E-state index contributed by atoms with van der Waals surface area (Å²) in [4.78, 5) is 38.0. The highest BCUT2D eigenvalue weighted by Crippen LogP contribution is 2.17. The van der Waals surface area contributed by atoms with Crippen LogP contribution < -0.4 is 0 Å². The van der Waals surface area contributed by atoms with Crippen LogP contribution in [0.4, 0.5) is 0 Å². The number of esters is 3. The Bertz CT molecular complexity index is 1390. The molecule has 6 nitrogen and oxygen atoms in total. The van der Waals surface area contributed by atoms with Crippen LogP contribution in [0, 0.1) is 0 Å². The van der Waals surface area contributed by atoms with Crippen LogP contribution in [-0.4, -0.2) is 37.2 Å². The Morgan fingerprint density at radius 1 is 0.280 bits per heavy atom.